The molecule has 3 rings (SSSR count). The van der Waals surface area contributed by atoms with Crippen LogP contribution in [-0.2, 0) is 0 Å². The van der Waals surface area contributed by atoms with Gasteiger partial charge in [-0.1, -0.05) is 30.3 Å². The summed E-state index contributed by atoms with van der Waals surface area (Å²) in [5.74, 6) is -0.462. The summed E-state index contributed by atoms with van der Waals surface area (Å²) >= 11 is 1.64. The molecule has 0 aliphatic heterocycles. The Bertz CT molecular complexity index is 924. The van der Waals surface area contributed by atoms with E-state index in [0.717, 1.165) is 0 Å². The predicted molar refractivity (Wildman–Crippen MR) is 114 cm³/mol. The number of carbonyl (C=O) groups excluding carboxylic acids is 2. The van der Waals surface area contributed by atoms with Gasteiger partial charge in [-0.3, -0.25) is 9.59 Å². The van der Waals surface area contributed by atoms with Crippen LogP contribution >= 0.6 is 11.3 Å². The van der Waals surface area contributed by atoms with Crippen molar-refractivity contribution in [3.05, 3.63) is 88.1 Å². The SMILES string of the molecule is CN(C)C(CNC(=O)c1ccccc1NC(=O)c1ccccc1)c1ccsc1. The van der Waals surface area contributed by atoms with Gasteiger partial charge in [-0.15, -0.1) is 0 Å². The fraction of sp³-hybridized carbons (Fsp3) is 0.182. The second-order valence-corrected chi connectivity index (χ2v) is 7.39. The van der Waals surface area contributed by atoms with Gasteiger partial charge in [0.2, 0.25) is 0 Å². The summed E-state index contributed by atoms with van der Waals surface area (Å²) in [5, 5.41) is 9.95. The monoisotopic (exact) mass is 393 g/mol. The van der Waals surface area contributed by atoms with E-state index >= 15 is 0 Å². The molecule has 0 radical (unpaired) electrons. The van der Waals surface area contributed by atoms with E-state index in [1.165, 1.54) is 5.56 Å². The van der Waals surface area contributed by atoms with E-state index in [9.17, 15) is 9.59 Å². The number of rotatable bonds is 7. The standard InChI is InChI=1S/C22H23N3O2S/c1-25(2)20(17-12-13-28-15-17)14-23-22(27)18-10-6-7-11-19(18)24-21(26)16-8-4-3-5-9-16/h3-13,15,20H,14H2,1-2H3,(H,23,27)(H,24,26). The Hall–Kier alpha value is -2.96. The lowest BCUT2D eigenvalue weighted by atomic mass is 10.1. The maximum Gasteiger partial charge on any atom is 0.255 e. The third-order valence-corrected chi connectivity index (χ3v) is 5.16. The second kappa shape index (κ2) is 9.30. The molecule has 0 aliphatic rings. The molecule has 0 aliphatic carbocycles. The van der Waals surface area contributed by atoms with Gasteiger partial charge < -0.3 is 15.5 Å². The summed E-state index contributed by atoms with van der Waals surface area (Å²) in [4.78, 5) is 27.3. The van der Waals surface area contributed by atoms with Crippen LogP contribution in [0.25, 0.3) is 0 Å². The maximum atomic E-state index is 12.8. The Morgan fingerprint density at radius 3 is 2.36 bits per heavy atom. The molecular weight excluding hydrogens is 370 g/mol. The number of anilines is 1. The molecule has 0 fully saturated rings. The van der Waals surface area contributed by atoms with Gasteiger partial charge in [0.25, 0.3) is 11.8 Å². The number of hydrogen-bond acceptors (Lipinski definition) is 4. The zero-order valence-electron chi connectivity index (χ0n) is 15.9. The van der Waals surface area contributed by atoms with E-state index in [2.05, 4.69) is 27.0 Å². The highest BCUT2D eigenvalue weighted by Crippen LogP contribution is 2.21. The van der Waals surface area contributed by atoms with Crippen LogP contribution in [0.1, 0.15) is 32.3 Å². The molecule has 6 heteroatoms. The average Bonchev–Trinajstić information content (AvgIpc) is 3.23. The van der Waals surface area contributed by atoms with Crippen LogP contribution in [0.4, 0.5) is 5.69 Å². The third kappa shape index (κ3) is 4.85. The van der Waals surface area contributed by atoms with Crippen molar-refractivity contribution in [2.24, 2.45) is 0 Å². The first-order chi connectivity index (χ1) is 13.6. The minimum absolute atomic E-state index is 0.0845. The van der Waals surface area contributed by atoms with Crippen molar-refractivity contribution in [3.63, 3.8) is 0 Å². The van der Waals surface area contributed by atoms with Crippen molar-refractivity contribution in [2.75, 3.05) is 26.0 Å². The van der Waals surface area contributed by atoms with Crippen molar-refractivity contribution >= 4 is 28.8 Å². The molecule has 2 aromatic carbocycles. The van der Waals surface area contributed by atoms with Crippen LogP contribution in [0.5, 0.6) is 0 Å². The smallest absolute Gasteiger partial charge is 0.255 e. The highest BCUT2D eigenvalue weighted by atomic mass is 32.1. The molecule has 28 heavy (non-hydrogen) atoms. The number of likely N-dealkylation sites (N-methyl/N-ethyl adjacent to an activating group) is 1. The molecule has 1 aromatic heterocycles. The molecule has 1 unspecified atom stereocenters. The number of nitrogens with one attached hydrogen (secondary N) is 2. The highest BCUT2D eigenvalue weighted by molar-refractivity contribution is 7.08. The van der Waals surface area contributed by atoms with Crippen LogP contribution in [-0.4, -0.2) is 37.4 Å². The van der Waals surface area contributed by atoms with Crippen molar-refractivity contribution in [1.82, 2.24) is 10.2 Å². The summed E-state index contributed by atoms with van der Waals surface area (Å²) in [5.41, 5.74) is 2.64. The molecule has 5 nitrogen and oxygen atoms in total. The lowest BCUT2D eigenvalue weighted by Crippen LogP contribution is -2.34. The highest BCUT2D eigenvalue weighted by Gasteiger charge is 2.18. The Labute approximate surface area is 169 Å². The van der Waals surface area contributed by atoms with Gasteiger partial charge in [0, 0.05) is 12.1 Å². The molecule has 1 heterocycles. The quantitative estimate of drug-likeness (QED) is 0.637. The molecular formula is C22H23N3O2S. The van der Waals surface area contributed by atoms with E-state index in [1.54, 1.807) is 59.9 Å². The normalized spacial score (nSPS) is 11.8. The van der Waals surface area contributed by atoms with Crippen molar-refractivity contribution in [2.45, 2.75) is 6.04 Å². The Kier molecular flexibility index (Phi) is 6.57. The summed E-state index contributed by atoms with van der Waals surface area (Å²) in [6.07, 6.45) is 0. The number of benzene rings is 2. The molecule has 2 amide bonds. The molecule has 144 valence electrons. The van der Waals surface area contributed by atoms with E-state index < -0.39 is 0 Å². The van der Waals surface area contributed by atoms with Gasteiger partial charge >= 0.3 is 0 Å². The number of amides is 2. The lowest BCUT2D eigenvalue weighted by molar-refractivity contribution is 0.0943. The summed E-state index contributed by atoms with van der Waals surface area (Å²) in [6.45, 7) is 0.476. The third-order valence-electron chi connectivity index (χ3n) is 4.46. The van der Waals surface area contributed by atoms with Gasteiger partial charge in [0.1, 0.15) is 0 Å². The Morgan fingerprint density at radius 2 is 1.68 bits per heavy atom. The van der Waals surface area contributed by atoms with Crippen LogP contribution in [0.15, 0.2) is 71.4 Å². The van der Waals surface area contributed by atoms with E-state index in [0.29, 0.717) is 23.4 Å². The summed E-state index contributed by atoms with van der Waals surface area (Å²) in [7, 11) is 3.98. The summed E-state index contributed by atoms with van der Waals surface area (Å²) < 4.78 is 0. The number of para-hydroxylation sites is 1. The first-order valence-corrected chi connectivity index (χ1v) is 9.92. The van der Waals surface area contributed by atoms with Crippen molar-refractivity contribution in [3.8, 4) is 0 Å². The zero-order valence-corrected chi connectivity index (χ0v) is 16.7. The lowest BCUT2D eigenvalue weighted by Gasteiger charge is -2.24. The van der Waals surface area contributed by atoms with Gasteiger partial charge in [-0.05, 0) is 60.8 Å². The minimum atomic E-state index is -0.245. The maximum absolute atomic E-state index is 12.8. The fourth-order valence-electron chi connectivity index (χ4n) is 2.92. The number of nitrogens with zero attached hydrogens (tertiary/aromatic N) is 1. The Morgan fingerprint density at radius 1 is 0.964 bits per heavy atom. The first kappa shape index (κ1) is 19.8. The first-order valence-electron chi connectivity index (χ1n) is 8.98. The van der Waals surface area contributed by atoms with Crippen molar-refractivity contribution in [1.29, 1.82) is 0 Å². The Balaban J connectivity index is 1.71. The van der Waals surface area contributed by atoms with Crippen LogP contribution in [0, 0.1) is 0 Å². The van der Waals surface area contributed by atoms with E-state index in [4.69, 9.17) is 0 Å². The van der Waals surface area contributed by atoms with Crippen LogP contribution in [0.3, 0.4) is 0 Å². The van der Waals surface area contributed by atoms with Gasteiger partial charge in [0.15, 0.2) is 0 Å². The molecule has 1 atom stereocenters. The second-order valence-electron chi connectivity index (χ2n) is 6.61. The minimum Gasteiger partial charge on any atom is -0.350 e. The van der Waals surface area contributed by atoms with Crippen LogP contribution in [0.2, 0.25) is 0 Å². The van der Waals surface area contributed by atoms with Gasteiger partial charge in [-0.25, -0.2) is 0 Å². The average molecular weight is 394 g/mol. The molecule has 0 saturated carbocycles. The zero-order chi connectivity index (χ0) is 19.9. The summed E-state index contributed by atoms with van der Waals surface area (Å²) in [6, 6.07) is 18.1. The molecule has 0 saturated heterocycles. The largest absolute Gasteiger partial charge is 0.350 e. The number of carbonyl (C=O) groups is 2. The molecule has 0 spiro atoms. The fourth-order valence-corrected chi connectivity index (χ4v) is 3.63. The van der Waals surface area contributed by atoms with Crippen LogP contribution < -0.4 is 10.6 Å². The van der Waals surface area contributed by atoms with Crippen molar-refractivity contribution < 1.29 is 9.59 Å². The topological polar surface area (TPSA) is 61.4 Å². The van der Waals surface area contributed by atoms with E-state index in [-0.39, 0.29) is 17.9 Å². The molecule has 2 N–H and O–H groups in total. The molecule has 3 aromatic rings. The van der Waals surface area contributed by atoms with Gasteiger partial charge in [0.05, 0.1) is 17.3 Å². The number of hydrogen-bond donors (Lipinski definition) is 2. The molecule has 0 bridgehead atoms. The predicted octanol–water partition coefficient (Wildman–Crippen LogP) is 4.03. The van der Waals surface area contributed by atoms with Gasteiger partial charge in [-0.2, -0.15) is 11.3 Å². The number of thiophene rings is 1. The van der Waals surface area contributed by atoms with E-state index in [1.807, 2.05) is 25.5 Å².